The fourth-order valence-corrected chi connectivity index (χ4v) is 4.40. The van der Waals surface area contributed by atoms with E-state index in [1.54, 1.807) is 12.2 Å². The first-order valence-corrected chi connectivity index (χ1v) is 8.95. The molecule has 0 fully saturated rings. The van der Waals surface area contributed by atoms with E-state index in [1.807, 2.05) is 30.4 Å². The first-order chi connectivity index (χ1) is 12.6. The van der Waals surface area contributed by atoms with Gasteiger partial charge in [0.2, 0.25) is 0 Å². The van der Waals surface area contributed by atoms with Crippen LogP contribution in [0.4, 0.5) is 0 Å². The third-order valence-electron chi connectivity index (χ3n) is 5.59. The maximum absolute atomic E-state index is 12.0. The summed E-state index contributed by atoms with van der Waals surface area (Å²) < 4.78 is 0. The molecule has 132 valence electrons. The maximum atomic E-state index is 12.0. The minimum absolute atomic E-state index is 0.115. The van der Waals surface area contributed by atoms with Gasteiger partial charge in [-0.15, -0.1) is 0 Å². The van der Waals surface area contributed by atoms with Crippen molar-refractivity contribution in [3.05, 3.63) is 82.0 Å². The maximum Gasteiger partial charge on any atom is 0.336 e. The second-order valence-corrected chi connectivity index (χ2v) is 7.01. The number of allylic oxidation sites excluding steroid dienone is 10. The van der Waals surface area contributed by atoms with Gasteiger partial charge in [0.15, 0.2) is 0 Å². The lowest BCUT2D eigenvalue weighted by Crippen LogP contribution is -2.25. The predicted molar refractivity (Wildman–Crippen MR) is 98.4 cm³/mol. The van der Waals surface area contributed by atoms with E-state index in [-0.39, 0.29) is 23.0 Å². The number of carboxylic acids is 2. The van der Waals surface area contributed by atoms with E-state index in [2.05, 4.69) is 6.08 Å². The number of hydrogen-bond acceptors (Lipinski definition) is 2. The van der Waals surface area contributed by atoms with Gasteiger partial charge in [0.05, 0.1) is 11.1 Å². The van der Waals surface area contributed by atoms with E-state index in [9.17, 15) is 19.8 Å². The molecular formula is C22H20O4. The van der Waals surface area contributed by atoms with E-state index >= 15 is 0 Å². The molecule has 0 amide bonds. The molecule has 0 aromatic heterocycles. The fraction of sp³-hybridized carbons (Fsp3) is 0.273. The lowest BCUT2D eigenvalue weighted by atomic mass is 9.68. The monoisotopic (exact) mass is 348 g/mol. The van der Waals surface area contributed by atoms with Crippen molar-refractivity contribution >= 4 is 11.9 Å². The minimum atomic E-state index is -1.01. The van der Waals surface area contributed by atoms with Crippen molar-refractivity contribution < 1.29 is 19.8 Å². The molecule has 4 aliphatic rings. The van der Waals surface area contributed by atoms with Gasteiger partial charge >= 0.3 is 11.9 Å². The van der Waals surface area contributed by atoms with Crippen LogP contribution in [0.5, 0.6) is 0 Å². The smallest absolute Gasteiger partial charge is 0.336 e. The minimum Gasteiger partial charge on any atom is -0.478 e. The molecule has 2 unspecified atom stereocenters. The molecule has 4 aliphatic carbocycles. The van der Waals surface area contributed by atoms with Gasteiger partial charge in [0, 0.05) is 5.92 Å². The molecule has 0 radical (unpaired) electrons. The average molecular weight is 348 g/mol. The first kappa shape index (κ1) is 16.6. The number of carboxylic acid groups (broad SMARTS) is 2. The summed E-state index contributed by atoms with van der Waals surface area (Å²) in [6, 6.07) is 0. The van der Waals surface area contributed by atoms with Crippen LogP contribution in [0.25, 0.3) is 0 Å². The largest absolute Gasteiger partial charge is 0.478 e. The molecule has 0 aliphatic heterocycles. The summed E-state index contributed by atoms with van der Waals surface area (Å²) in [4.78, 5) is 23.9. The van der Waals surface area contributed by atoms with Crippen molar-refractivity contribution in [2.75, 3.05) is 0 Å². The van der Waals surface area contributed by atoms with Crippen molar-refractivity contribution in [3.8, 4) is 0 Å². The van der Waals surface area contributed by atoms with E-state index < -0.39 is 11.9 Å². The summed E-state index contributed by atoms with van der Waals surface area (Å²) in [6.45, 7) is 0. The Labute approximate surface area is 151 Å². The summed E-state index contributed by atoms with van der Waals surface area (Å²) in [5.74, 6) is -1.85. The van der Waals surface area contributed by atoms with E-state index in [1.165, 1.54) is 0 Å². The molecule has 2 N–H and O–H groups in total. The summed E-state index contributed by atoms with van der Waals surface area (Å²) in [5, 5.41) is 19.6. The van der Waals surface area contributed by atoms with Gasteiger partial charge in [-0.25, -0.2) is 9.59 Å². The summed E-state index contributed by atoms with van der Waals surface area (Å²) >= 11 is 0. The lowest BCUT2D eigenvalue weighted by molar-refractivity contribution is -0.133. The number of hydrogen-bond donors (Lipinski definition) is 2. The Kier molecular flexibility index (Phi) is 4.11. The van der Waals surface area contributed by atoms with Crippen LogP contribution in [-0.2, 0) is 9.59 Å². The molecule has 0 heterocycles. The normalized spacial score (nSPS) is 26.9. The molecule has 0 saturated heterocycles. The third-order valence-corrected chi connectivity index (χ3v) is 5.59. The first-order valence-electron chi connectivity index (χ1n) is 8.95. The molecule has 0 saturated carbocycles. The third kappa shape index (κ3) is 2.62. The quantitative estimate of drug-likeness (QED) is 0.805. The van der Waals surface area contributed by atoms with Crippen molar-refractivity contribution in [1.82, 2.24) is 0 Å². The number of carbonyl (C=O) groups is 2. The molecule has 0 spiro atoms. The Morgan fingerprint density at radius 2 is 1.85 bits per heavy atom. The topological polar surface area (TPSA) is 74.6 Å². The van der Waals surface area contributed by atoms with Gasteiger partial charge in [-0.05, 0) is 60.0 Å². The highest BCUT2D eigenvalue weighted by atomic mass is 16.4. The van der Waals surface area contributed by atoms with E-state index in [4.69, 9.17) is 0 Å². The zero-order valence-corrected chi connectivity index (χ0v) is 14.3. The molecule has 4 rings (SSSR count). The Morgan fingerprint density at radius 3 is 2.62 bits per heavy atom. The Balaban J connectivity index is 2.00. The van der Waals surface area contributed by atoms with Gasteiger partial charge in [-0.3, -0.25) is 0 Å². The highest BCUT2D eigenvalue weighted by Crippen LogP contribution is 2.47. The van der Waals surface area contributed by atoms with Gasteiger partial charge in [-0.2, -0.15) is 0 Å². The van der Waals surface area contributed by atoms with Crippen LogP contribution in [-0.4, -0.2) is 22.2 Å². The van der Waals surface area contributed by atoms with E-state index in [0.717, 1.165) is 24.0 Å². The van der Waals surface area contributed by atoms with Crippen molar-refractivity contribution in [1.29, 1.82) is 0 Å². The second-order valence-electron chi connectivity index (χ2n) is 7.01. The van der Waals surface area contributed by atoms with Crippen LogP contribution in [0.1, 0.15) is 25.7 Å². The zero-order valence-electron chi connectivity index (χ0n) is 14.3. The zero-order chi connectivity index (χ0) is 18.3. The number of aliphatic carboxylic acids is 2. The average Bonchev–Trinajstić information content (AvgIpc) is 2.66. The van der Waals surface area contributed by atoms with Crippen LogP contribution in [0.15, 0.2) is 82.0 Å². The van der Waals surface area contributed by atoms with Crippen molar-refractivity contribution in [2.45, 2.75) is 25.7 Å². The summed E-state index contributed by atoms with van der Waals surface area (Å²) in [6.07, 6.45) is 18.6. The fourth-order valence-electron chi connectivity index (χ4n) is 4.40. The van der Waals surface area contributed by atoms with Crippen molar-refractivity contribution in [2.24, 2.45) is 11.8 Å². The van der Waals surface area contributed by atoms with Gasteiger partial charge < -0.3 is 10.2 Å². The number of fused-ring (bicyclic) bond motifs is 2. The van der Waals surface area contributed by atoms with Crippen LogP contribution in [0.2, 0.25) is 0 Å². The van der Waals surface area contributed by atoms with Gasteiger partial charge in [-0.1, -0.05) is 42.5 Å². The van der Waals surface area contributed by atoms with Crippen LogP contribution in [0, 0.1) is 11.8 Å². The molecular weight excluding hydrogens is 328 g/mol. The van der Waals surface area contributed by atoms with Crippen LogP contribution >= 0.6 is 0 Å². The predicted octanol–water partition coefficient (Wildman–Crippen LogP) is 4.12. The molecule has 0 aromatic carbocycles. The highest BCUT2D eigenvalue weighted by Gasteiger charge is 2.36. The SMILES string of the molecule is O=C(O)C1=CCC2CCC=CC2=C1C1=C(C(=O)O)C=CC2=CC=CCC21. The highest BCUT2D eigenvalue weighted by molar-refractivity contribution is 5.99. The molecule has 2 atom stereocenters. The number of rotatable bonds is 3. The molecule has 4 nitrogen and oxygen atoms in total. The molecule has 26 heavy (non-hydrogen) atoms. The Bertz CT molecular complexity index is 902. The van der Waals surface area contributed by atoms with Gasteiger partial charge in [0.25, 0.3) is 0 Å². The Hall–Kier alpha value is -2.88. The molecule has 0 bridgehead atoms. The van der Waals surface area contributed by atoms with E-state index in [0.29, 0.717) is 24.0 Å². The molecule has 0 aromatic rings. The summed E-state index contributed by atoms with van der Waals surface area (Å²) in [5.41, 5.74) is 3.73. The standard InChI is InChI=1S/C22H20O4/c23-21(24)17-11-9-13-5-1-3-7-15(13)19(17)20-16-8-4-2-6-14(16)10-12-18(20)22(25)26/h1,3-5,8-9,11-12,14-15H,2,6-7,10H2,(H,23,24)(H,25,26). The second kappa shape index (κ2) is 6.45. The van der Waals surface area contributed by atoms with Crippen LogP contribution in [0.3, 0.4) is 0 Å². The summed E-state index contributed by atoms with van der Waals surface area (Å²) in [7, 11) is 0. The molecule has 4 heteroatoms. The van der Waals surface area contributed by atoms with Gasteiger partial charge in [0.1, 0.15) is 0 Å². The lowest BCUT2D eigenvalue weighted by Gasteiger charge is -2.35. The van der Waals surface area contributed by atoms with Crippen LogP contribution < -0.4 is 0 Å². The van der Waals surface area contributed by atoms with Crippen molar-refractivity contribution in [3.63, 3.8) is 0 Å². The Morgan fingerprint density at radius 1 is 1.00 bits per heavy atom.